The molecule has 1 fully saturated rings. The molecule has 12 heteroatoms. The molecule has 2 aliphatic rings. The Kier molecular flexibility index (Phi) is 13.7. The first-order chi connectivity index (χ1) is 25.1. The summed E-state index contributed by atoms with van der Waals surface area (Å²) in [6.07, 6.45) is 3.18. The van der Waals surface area contributed by atoms with Crippen LogP contribution in [-0.2, 0) is 14.3 Å². The Hall–Kier alpha value is -4.38. The zero-order valence-corrected chi connectivity index (χ0v) is 30.2. The molecule has 8 nitrogen and oxygen atoms in total. The van der Waals surface area contributed by atoms with Gasteiger partial charge in [-0.05, 0) is 84.0 Å². The van der Waals surface area contributed by atoms with Crippen LogP contribution < -0.4 is 14.8 Å². The second kappa shape index (κ2) is 18.4. The molecule has 3 aromatic carbocycles. The first kappa shape index (κ1) is 38.8. The van der Waals surface area contributed by atoms with Gasteiger partial charge in [0.2, 0.25) is 0 Å². The van der Waals surface area contributed by atoms with Crippen molar-refractivity contribution in [2.75, 3.05) is 19.8 Å². The molecular weight excluding hydrogens is 715 g/mol. The molecule has 0 unspecified atom stereocenters. The fourth-order valence-corrected chi connectivity index (χ4v) is 6.50. The van der Waals surface area contributed by atoms with Gasteiger partial charge < -0.3 is 29.4 Å². The van der Waals surface area contributed by atoms with Gasteiger partial charge in [-0.25, -0.2) is 9.59 Å². The first-order valence-electron chi connectivity index (χ1n) is 17.1. The number of alkyl halides is 2. The Morgan fingerprint density at radius 3 is 2.27 bits per heavy atom. The second-order valence-electron chi connectivity index (χ2n) is 12.5. The van der Waals surface area contributed by atoms with E-state index in [1.165, 1.54) is 24.3 Å². The van der Waals surface area contributed by atoms with E-state index in [0.717, 1.165) is 35.1 Å². The Morgan fingerprint density at radius 2 is 1.67 bits per heavy atom. The standard InChI is InChI=1S/C40H41Cl2F2NO7/c1-3-32(41)30(33(42)4-2)21-36(25-17-18-35(52-39(43)44)37(20-25)49-22-24-15-16-24)51-38(47)34(14-9-19-46)45-40(48)50-23-31-28-12-7-5-10-26(28)27-11-6-8-13-29(27)31/h3-8,10-13,17-18,20,24,31,34,36,39,46H,1,9,14-16,19,21-23H2,2H3,(H,45,48)/b32-30+,33-4+/t34-,36+/m1/s1. The predicted octanol–water partition coefficient (Wildman–Crippen LogP) is 9.55. The second-order valence-corrected chi connectivity index (χ2v) is 13.3. The summed E-state index contributed by atoms with van der Waals surface area (Å²) in [5, 5.41) is 12.7. The summed E-state index contributed by atoms with van der Waals surface area (Å²) in [6, 6.07) is 18.9. The van der Waals surface area contributed by atoms with Crippen LogP contribution in [-0.4, -0.2) is 49.6 Å². The van der Waals surface area contributed by atoms with Crippen LogP contribution >= 0.6 is 23.2 Å². The van der Waals surface area contributed by atoms with Gasteiger partial charge in [-0.1, -0.05) is 96.5 Å². The minimum Gasteiger partial charge on any atom is -0.489 e. The van der Waals surface area contributed by atoms with Gasteiger partial charge in [0.25, 0.3) is 0 Å². The molecule has 1 saturated carbocycles. The van der Waals surface area contributed by atoms with Crippen LogP contribution in [0.3, 0.4) is 0 Å². The fraction of sp³-hybridized carbons (Fsp3) is 0.350. The number of aliphatic hydroxyl groups excluding tert-OH is 1. The highest BCUT2D eigenvalue weighted by atomic mass is 35.5. The van der Waals surface area contributed by atoms with Crippen LogP contribution in [0.5, 0.6) is 11.5 Å². The zero-order chi connectivity index (χ0) is 37.2. The number of allylic oxidation sites excluding steroid dienone is 4. The van der Waals surface area contributed by atoms with E-state index >= 15 is 0 Å². The number of fused-ring (bicyclic) bond motifs is 3. The summed E-state index contributed by atoms with van der Waals surface area (Å²) >= 11 is 13.0. The van der Waals surface area contributed by atoms with Crippen LogP contribution in [0.15, 0.2) is 101 Å². The van der Waals surface area contributed by atoms with Crippen molar-refractivity contribution in [2.45, 2.75) is 63.7 Å². The van der Waals surface area contributed by atoms with Crippen molar-refractivity contribution < 1.29 is 42.4 Å². The SMILES string of the molecule is C=C/C(Cl)=C(C[C@H](OC(=O)[C@@H](CCCO)NC(=O)OCC1c2ccccc2-c2ccccc21)c1ccc(OC(F)F)c(OCC2CC2)c1)\C(Cl)=C/C. The van der Waals surface area contributed by atoms with Gasteiger partial charge in [-0.3, -0.25) is 0 Å². The van der Waals surface area contributed by atoms with Crippen molar-refractivity contribution in [3.05, 3.63) is 118 Å². The molecular formula is C40H41Cl2F2NO7. The lowest BCUT2D eigenvalue weighted by atomic mass is 9.98. The van der Waals surface area contributed by atoms with Gasteiger partial charge in [-0.2, -0.15) is 8.78 Å². The number of carbonyl (C=O) groups excluding carboxylic acids is 2. The van der Waals surface area contributed by atoms with Crippen LogP contribution in [0.2, 0.25) is 0 Å². The first-order valence-corrected chi connectivity index (χ1v) is 17.9. The van der Waals surface area contributed by atoms with Crippen molar-refractivity contribution in [3.8, 4) is 22.6 Å². The number of ether oxygens (including phenoxy) is 4. The van der Waals surface area contributed by atoms with Crippen LogP contribution in [0, 0.1) is 5.92 Å². The number of halogens is 4. The van der Waals surface area contributed by atoms with E-state index in [9.17, 15) is 23.5 Å². The lowest BCUT2D eigenvalue weighted by Crippen LogP contribution is -2.43. The fourth-order valence-electron chi connectivity index (χ4n) is 6.09. The number of nitrogens with one attached hydrogen (secondary N) is 1. The predicted molar refractivity (Wildman–Crippen MR) is 196 cm³/mol. The molecule has 1 amide bonds. The number of rotatable bonds is 18. The largest absolute Gasteiger partial charge is 0.489 e. The van der Waals surface area contributed by atoms with Gasteiger partial charge in [0.1, 0.15) is 18.8 Å². The quantitative estimate of drug-likeness (QED) is 0.0985. The maximum Gasteiger partial charge on any atom is 0.407 e. The highest BCUT2D eigenvalue weighted by molar-refractivity contribution is 6.36. The molecule has 3 aromatic rings. The molecule has 0 aliphatic heterocycles. The summed E-state index contributed by atoms with van der Waals surface area (Å²) in [5.74, 6) is -0.839. The van der Waals surface area contributed by atoms with E-state index in [1.54, 1.807) is 13.0 Å². The molecule has 2 N–H and O–H groups in total. The number of benzene rings is 3. The minimum atomic E-state index is -3.09. The third-order valence-corrected chi connectivity index (χ3v) is 9.78. The Labute approximate surface area is 312 Å². The maximum atomic E-state index is 13.9. The van der Waals surface area contributed by atoms with E-state index < -0.39 is 30.8 Å². The number of aliphatic hydroxyl groups is 1. The number of hydrogen-bond acceptors (Lipinski definition) is 7. The summed E-state index contributed by atoms with van der Waals surface area (Å²) < 4.78 is 48.9. The molecule has 0 aromatic heterocycles. The average Bonchev–Trinajstić information content (AvgIpc) is 3.93. The summed E-state index contributed by atoms with van der Waals surface area (Å²) in [4.78, 5) is 27.1. The monoisotopic (exact) mass is 755 g/mol. The van der Waals surface area contributed by atoms with Crippen molar-refractivity contribution in [1.82, 2.24) is 5.32 Å². The number of alkyl carbamates (subject to hydrolysis) is 1. The number of hydrogen-bond donors (Lipinski definition) is 2. The Bertz CT molecular complexity index is 1760. The van der Waals surface area contributed by atoms with E-state index in [0.29, 0.717) is 23.7 Å². The van der Waals surface area contributed by atoms with Gasteiger partial charge in [0.15, 0.2) is 11.5 Å². The third-order valence-electron chi connectivity index (χ3n) is 8.96. The van der Waals surface area contributed by atoms with E-state index in [-0.39, 0.29) is 60.0 Å². The number of amides is 1. The summed E-state index contributed by atoms with van der Waals surface area (Å²) in [5.41, 5.74) is 4.98. The summed E-state index contributed by atoms with van der Waals surface area (Å²) in [6.45, 7) is 2.43. The van der Waals surface area contributed by atoms with Gasteiger partial charge >= 0.3 is 18.7 Å². The Balaban J connectivity index is 1.38. The normalized spacial score (nSPS) is 15.6. The molecule has 0 radical (unpaired) electrons. The van der Waals surface area contributed by atoms with E-state index in [1.807, 2.05) is 48.5 Å². The smallest absolute Gasteiger partial charge is 0.407 e. The van der Waals surface area contributed by atoms with Gasteiger partial charge in [0, 0.05) is 29.0 Å². The molecule has 52 heavy (non-hydrogen) atoms. The van der Waals surface area contributed by atoms with Crippen LogP contribution in [0.1, 0.15) is 67.7 Å². The van der Waals surface area contributed by atoms with Crippen molar-refractivity contribution in [2.24, 2.45) is 5.92 Å². The van der Waals surface area contributed by atoms with Gasteiger partial charge in [-0.15, -0.1) is 0 Å². The van der Waals surface area contributed by atoms with E-state index in [4.69, 9.17) is 42.1 Å². The molecule has 2 aliphatic carbocycles. The molecule has 2 atom stereocenters. The zero-order valence-electron chi connectivity index (χ0n) is 28.7. The molecule has 0 bridgehead atoms. The molecule has 0 spiro atoms. The van der Waals surface area contributed by atoms with Crippen molar-refractivity contribution in [1.29, 1.82) is 0 Å². The minimum absolute atomic E-state index is 0.0248. The molecule has 0 heterocycles. The lowest BCUT2D eigenvalue weighted by Gasteiger charge is -2.25. The van der Waals surface area contributed by atoms with E-state index in [2.05, 4.69) is 11.9 Å². The summed E-state index contributed by atoms with van der Waals surface area (Å²) in [7, 11) is 0. The maximum absolute atomic E-state index is 13.9. The van der Waals surface area contributed by atoms with Crippen molar-refractivity contribution >= 4 is 35.3 Å². The molecule has 5 rings (SSSR count). The average molecular weight is 757 g/mol. The molecule has 276 valence electrons. The lowest BCUT2D eigenvalue weighted by molar-refractivity contribution is -0.152. The van der Waals surface area contributed by atoms with Crippen LogP contribution in [0.25, 0.3) is 11.1 Å². The highest BCUT2D eigenvalue weighted by Gasteiger charge is 2.32. The molecule has 0 saturated heterocycles. The van der Waals surface area contributed by atoms with Crippen molar-refractivity contribution in [3.63, 3.8) is 0 Å². The van der Waals surface area contributed by atoms with Crippen LogP contribution in [0.4, 0.5) is 13.6 Å². The van der Waals surface area contributed by atoms with Gasteiger partial charge in [0.05, 0.1) is 6.61 Å². The number of esters is 1. The number of carbonyl (C=O) groups is 2. The highest BCUT2D eigenvalue weighted by Crippen LogP contribution is 2.45. The Morgan fingerprint density at radius 1 is 1.00 bits per heavy atom. The topological polar surface area (TPSA) is 103 Å². The third kappa shape index (κ3) is 9.93.